The van der Waals surface area contributed by atoms with Crippen molar-refractivity contribution >= 4 is 5.91 Å². The summed E-state index contributed by atoms with van der Waals surface area (Å²) in [5.74, 6) is 1.47. The highest BCUT2D eigenvalue weighted by atomic mass is 16.5. The fraction of sp³-hybridized carbons (Fsp3) is 0.304. The second-order valence-corrected chi connectivity index (χ2v) is 7.23. The molecule has 2 heterocycles. The lowest BCUT2D eigenvalue weighted by atomic mass is 9.91. The van der Waals surface area contributed by atoms with Gasteiger partial charge in [-0.2, -0.15) is 5.10 Å². The van der Waals surface area contributed by atoms with Crippen molar-refractivity contribution in [3.05, 3.63) is 78.1 Å². The lowest BCUT2D eigenvalue weighted by molar-refractivity contribution is -0.131. The normalized spacial score (nSPS) is 14.8. The van der Waals surface area contributed by atoms with E-state index in [0.717, 1.165) is 42.9 Å². The molecule has 1 saturated heterocycles. The summed E-state index contributed by atoms with van der Waals surface area (Å²) in [4.78, 5) is 14.6. The molecule has 0 aliphatic carbocycles. The van der Waals surface area contributed by atoms with Gasteiger partial charge in [0.2, 0.25) is 5.91 Å². The number of aromatic nitrogens is 2. The number of benzene rings is 2. The number of hydrogen-bond acceptors (Lipinski definition) is 3. The Bertz CT molecular complexity index is 911. The number of ether oxygens (including phenoxy) is 1. The molecule has 0 atom stereocenters. The predicted octanol–water partition coefficient (Wildman–Crippen LogP) is 3.83. The molecule has 5 nitrogen and oxygen atoms in total. The minimum absolute atomic E-state index is 0.198. The van der Waals surface area contributed by atoms with Crippen LogP contribution in [0.2, 0.25) is 0 Å². The minimum atomic E-state index is 0.198. The zero-order chi connectivity index (χ0) is 19.3. The molecule has 2 aromatic carbocycles. The van der Waals surface area contributed by atoms with E-state index < -0.39 is 0 Å². The molecule has 0 radical (unpaired) electrons. The molecule has 0 saturated carbocycles. The number of carbonyl (C=O) groups excluding carboxylic acids is 1. The molecule has 0 unspecified atom stereocenters. The highest BCUT2D eigenvalue weighted by Crippen LogP contribution is 2.28. The Morgan fingerprint density at radius 3 is 2.46 bits per heavy atom. The summed E-state index contributed by atoms with van der Waals surface area (Å²) in [5, 5.41) is 4.51. The minimum Gasteiger partial charge on any atom is -0.497 e. The summed E-state index contributed by atoms with van der Waals surface area (Å²) < 4.78 is 7.10. The molecule has 28 heavy (non-hydrogen) atoms. The van der Waals surface area contributed by atoms with Crippen LogP contribution in [0.15, 0.2) is 67.0 Å². The van der Waals surface area contributed by atoms with Crippen LogP contribution in [0, 0.1) is 0 Å². The second-order valence-electron chi connectivity index (χ2n) is 7.23. The Labute approximate surface area is 165 Å². The first-order valence-corrected chi connectivity index (χ1v) is 9.73. The fourth-order valence-corrected chi connectivity index (χ4v) is 3.76. The summed E-state index contributed by atoms with van der Waals surface area (Å²) >= 11 is 0. The molecule has 1 fully saturated rings. The van der Waals surface area contributed by atoms with E-state index in [9.17, 15) is 4.79 Å². The number of para-hydroxylation sites is 1. The first-order valence-electron chi connectivity index (χ1n) is 9.73. The maximum absolute atomic E-state index is 12.6. The Morgan fingerprint density at radius 2 is 1.79 bits per heavy atom. The van der Waals surface area contributed by atoms with Gasteiger partial charge < -0.3 is 9.64 Å². The third-order valence-corrected chi connectivity index (χ3v) is 5.46. The van der Waals surface area contributed by atoms with Gasteiger partial charge in [-0.1, -0.05) is 30.3 Å². The van der Waals surface area contributed by atoms with Crippen molar-refractivity contribution in [3.63, 3.8) is 0 Å². The van der Waals surface area contributed by atoms with Crippen LogP contribution in [-0.2, 0) is 11.2 Å². The maximum atomic E-state index is 12.6. The lowest BCUT2D eigenvalue weighted by Gasteiger charge is -2.31. The highest BCUT2D eigenvalue weighted by Gasteiger charge is 2.24. The number of piperidine rings is 1. The zero-order valence-electron chi connectivity index (χ0n) is 16.1. The predicted molar refractivity (Wildman–Crippen MR) is 109 cm³/mol. The van der Waals surface area contributed by atoms with Crippen LogP contribution < -0.4 is 4.74 Å². The molecule has 0 bridgehead atoms. The van der Waals surface area contributed by atoms with Gasteiger partial charge in [0.25, 0.3) is 0 Å². The fourth-order valence-electron chi connectivity index (χ4n) is 3.76. The molecule has 0 N–H and O–H groups in total. The molecular formula is C23H25N3O2. The number of hydrogen-bond donors (Lipinski definition) is 0. The van der Waals surface area contributed by atoms with Gasteiger partial charge in [0.05, 0.1) is 25.4 Å². The molecule has 0 spiro atoms. The van der Waals surface area contributed by atoms with Crippen LogP contribution in [0.3, 0.4) is 0 Å². The molecule has 144 valence electrons. The van der Waals surface area contributed by atoms with Gasteiger partial charge in [-0.15, -0.1) is 0 Å². The number of carbonyl (C=O) groups is 1. The highest BCUT2D eigenvalue weighted by molar-refractivity contribution is 5.79. The van der Waals surface area contributed by atoms with Crippen molar-refractivity contribution in [2.45, 2.75) is 25.2 Å². The van der Waals surface area contributed by atoms with E-state index in [4.69, 9.17) is 4.74 Å². The standard InChI is InChI=1S/C23H25N3O2/c1-28-22-9-7-18(8-10-22)15-23(27)25-13-11-19(12-14-25)20-16-24-26(17-20)21-5-3-2-4-6-21/h2-10,16-17,19H,11-15H2,1H3. The number of nitrogens with zero attached hydrogens (tertiary/aromatic N) is 3. The van der Waals surface area contributed by atoms with Crippen LogP contribution in [0.4, 0.5) is 0 Å². The molecule has 1 aromatic heterocycles. The van der Waals surface area contributed by atoms with Gasteiger partial charge in [0, 0.05) is 19.3 Å². The van der Waals surface area contributed by atoms with Crippen LogP contribution in [-0.4, -0.2) is 40.8 Å². The lowest BCUT2D eigenvalue weighted by Crippen LogP contribution is -2.38. The van der Waals surface area contributed by atoms with E-state index in [2.05, 4.69) is 23.4 Å². The van der Waals surface area contributed by atoms with Crippen molar-refractivity contribution in [3.8, 4) is 11.4 Å². The van der Waals surface area contributed by atoms with E-state index in [1.165, 1.54) is 5.56 Å². The van der Waals surface area contributed by atoms with E-state index in [-0.39, 0.29) is 5.91 Å². The van der Waals surface area contributed by atoms with Crippen molar-refractivity contribution in [1.82, 2.24) is 14.7 Å². The molecule has 1 amide bonds. The summed E-state index contributed by atoms with van der Waals surface area (Å²) in [6, 6.07) is 17.9. The van der Waals surface area contributed by atoms with E-state index in [1.54, 1.807) is 7.11 Å². The van der Waals surface area contributed by atoms with Gasteiger partial charge in [-0.05, 0) is 54.2 Å². The van der Waals surface area contributed by atoms with Gasteiger partial charge in [-0.25, -0.2) is 4.68 Å². The van der Waals surface area contributed by atoms with Crippen molar-refractivity contribution in [2.24, 2.45) is 0 Å². The maximum Gasteiger partial charge on any atom is 0.226 e. The van der Waals surface area contributed by atoms with Gasteiger partial charge in [-0.3, -0.25) is 4.79 Å². The summed E-state index contributed by atoms with van der Waals surface area (Å²) in [5.41, 5.74) is 3.35. The summed E-state index contributed by atoms with van der Waals surface area (Å²) in [6.07, 6.45) is 6.49. The van der Waals surface area contributed by atoms with Crippen LogP contribution in [0.25, 0.3) is 5.69 Å². The SMILES string of the molecule is COc1ccc(CC(=O)N2CCC(c3cnn(-c4ccccc4)c3)CC2)cc1. The largest absolute Gasteiger partial charge is 0.497 e. The first kappa shape index (κ1) is 18.3. The topological polar surface area (TPSA) is 47.4 Å². The third-order valence-electron chi connectivity index (χ3n) is 5.46. The Hall–Kier alpha value is -3.08. The van der Waals surface area contributed by atoms with Gasteiger partial charge in [0.15, 0.2) is 0 Å². The molecular weight excluding hydrogens is 350 g/mol. The molecule has 5 heteroatoms. The monoisotopic (exact) mass is 375 g/mol. The molecule has 1 aliphatic rings. The second kappa shape index (κ2) is 8.30. The Kier molecular flexibility index (Phi) is 5.42. The quantitative estimate of drug-likeness (QED) is 0.681. The van der Waals surface area contributed by atoms with E-state index in [1.807, 2.05) is 58.2 Å². The van der Waals surface area contributed by atoms with E-state index >= 15 is 0 Å². The average molecular weight is 375 g/mol. The number of rotatable bonds is 5. The number of methoxy groups -OCH3 is 1. The Morgan fingerprint density at radius 1 is 1.07 bits per heavy atom. The summed E-state index contributed by atoms with van der Waals surface area (Å²) in [7, 11) is 1.65. The van der Waals surface area contributed by atoms with Crippen molar-refractivity contribution in [1.29, 1.82) is 0 Å². The zero-order valence-corrected chi connectivity index (χ0v) is 16.1. The first-order chi connectivity index (χ1) is 13.7. The Balaban J connectivity index is 1.33. The third kappa shape index (κ3) is 4.09. The molecule has 3 aromatic rings. The number of likely N-dealkylation sites (tertiary alicyclic amines) is 1. The van der Waals surface area contributed by atoms with E-state index in [0.29, 0.717) is 12.3 Å². The molecule has 1 aliphatic heterocycles. The van der Waals surface area contributed by atoms with Gasteiger partial charge >= 0.3 is 0 Å². The van der Waals surface area contributed by atoms with Crippen molar-refractivity contribution in [2.75, 3.05) is 20.2 Å². The van der Waals surface area contributed by atoms with Crippen LogP contribution in [0.5, 0.6) is 5.75 Å². The summed E-state index contributed by atoms with van der Waals surface area (Å²) in [6.45, 7) is 1.60. The average Bonchev–Trinajstić information content (AvgIpc) is 3.25. The number of amides is 1. The van der Waals surface area contributed by atoms with Crippen LogP contribution in [0.1, 0.15) is 29.9 Å². The smallest absolute Gasteiger partial charge is 0.226 e. The molecule has 4 rings (SSSR count). The van der Waals surface area contributed by atoms with Gasteiger partial charge in [0.1, 0.15) is 5.75 Å². The van der Waals surface area contributed by atoms with Crippen LogP contribution >= 0.6 is 0 Å². The van der Waals surface area contributed by atoms with Crippen molar-refractivity contribution < 1.29 is 9.53 Å².